The lowest BCUT2D eigenvalue weighted by Gasteiger charge is -2.25. The lowest BCUT2D eigenvalue weighted by atomic mass is 9.81. The molecule has 3 aliphatic carbocycles. The van der Waals surface area contributed by atoms with Gasteiger partial charge in [0.15, 0.2) is 0 Å². The summed E-state index contributed by atoms with van der Waals surface area (Å²) in [5.74, 6) is -0.974. The van der Waals surface area contributed by atoms with Crippen molar-refractivity contribution in [2.24, 2.45) is 5.92 Å². The van der Waals surface area contributed by atoms with Gasteiger partial charge in [-0.2, -0.15) is 47.4 Å². The first-order valence-corrected chi connectivity index (χ1v) is 15.2. The number of hydrogen-bond donors (Lipinski definition) is 0. The van der Waals surface area contributed by atoms with Gasteiger partial charge >= 0.3 is 12.4 Å². The summed E-state index contributed by atoms with van der Waals surface area (Å²) in [5, 5.41) is 39.9. The molecule has 3 aliphatic rings. The van der Waals surface area contributed by atoms with Gasteiger partial charge in [0, 0.05) is 28.2 Å². The molecule has 246 valence electrons. The van der Waals surface area contributed by atoms with Crippen molar-refractivity contribution in [3.63, 3.8) is 0 Å². The number of rotatable bonds is 2. The second-order valence-corrected chi connectivity index (χ2v) is 12.1. The number of halogens is 6. The van der Waals surface area contributed by atoms with Crippen LogP contribution in [0, 0.1) is 51.2 Å². The number of allylic oxidation sites excluding steroid dienone is 6. The summed E-state index contributed by atoms with van der Waals surface area (Å²) in [5.41, 5.74) is 2.52. The number of nitrogens with zero attached hydrogens (tertiary/aromatic N) is 6. The maximum Gasteiger partial charge on any atom is 0.416 e. The van der Waals surface area contributed by atoms with Gasteiger partial charge in [0.2, 0.25) is 0 Å². The van der Waals surface area contributed by atoms with Crippen molar-refractivity contribution in [2.45, 2.75) is 25.2 Å². The maximum absolute atomic E-state index is 13.4. The Bertz CT molecular complexity index is 2470. The van der Waals surface area contributed by atoms with Gasteiger partial charge in [0.25, 0.3) is 0 Å². The Balaban J connectivity index is 1.39. The third-order valence-electron chi connectivity index (χ3n) is 9.18. The Morgan fingerprint density at radius 1 is 0.608 bits per heavy atom. The van der Waals surface area contributed by atoms with Gasteiger partial charge in [-0.25, -0.2) is 9.97 Å². The lowest BCUT2D eigenvalue weighted by Crippen LogP contribution is -2.17. The smallest absolute Gasteiger partial charge is 0.243 e. The molecule has 6 nitrogen and oxygen atoms in total. The van der Waals surface area contributed by atoms with E-state index in [1.165, 1.54) is 18.2 Å². The highest BCUT2D eigenvalue weighted by Gasteiger charge is 2.38. The molecule has 0 fully saturated rings. The zero-order valence-corrected chi connectivity index (χ0v) is 26.1. The molecule has 12 heteroatoms. The average molecular weight is 685 g/mol. The molecule has 0 radical (unpaired) electrons. The van der Waals surface area contributed by atoms with Gasteiger partial charge in [-0.15, -0.1) is 0 Å². The normalized spacial score (nSPS) is 16.8. The Labute approximate surface area is 286 Å². The largest absolute Gasteiger partial charge is 0.416 e. The van der Waals surface area contributed by atoms with Gasteiger partial charge in [0.1, 0.15) is 46.8 Å². The highest BCUT2D eigenvalue weighted by molar-refractivity contribution is 6.07. The summed E-state index contributed by atoms with van der Waals surface area (Å²) in [7, 11) is 0. The fourth-order valence-electron chi connectivity index (χ4n) is 6.79. The molecular weight excluding hydrogens is 666 g/mol. The predicted molar refractivity (Wildman–Crippen MR) is 173 cm³/mol. The summed E-state index contributed by atoms with van der Waals surface area (Å²) >= 11 is 0. The second kappa shape index (κ2) is 11.7. The molecule has 1 aromatic heterocycles. The minimum Gasteiger partial charge on any atom is -0.243 e. The van der Waals surface area contributed by atoms with E-state index in [0.29, 0.717) is 38.9 Å². The van der Waals surface area contributed by atoms with Crippen molar-refractivity contribution >= 4 is 11.1 Å². The van der Waals surface area contributed by atoms with Crippen molar-refractivity contribution in [3.8, 4) is 57.9 Å². The van der Waals surface area contributed by atoms with Crippen molar-refractivity contribution in [2.75, 3.05) is 0 Å². The van der Waals surface area contributed by atoms with Crippen LogP contribution in [-0.2, 0) is 6.18 Å². The average Bonchev–Trinajstić information content (AvgIpc) is 3.59. The van der Waals surface area contributed by atoms with Crippen LogP contribution < -0.4 is 0 Å². The molecule has 0 spiro atoms. The minimum atomic E-state index is -4.52. The van der Waals surface area contributed by atoms with Crippen molar-refractivity contribution in [1.82, 2.24) is 9.97 Å². The van der Waals surface area contributed by atoms with Crippen molar-refractivity contribution in [3.05, 3.63) is 129 Å². The van der Waals surface area contributed by atoms with Gasteiger partial charge in [0.05, 0.1) is 22.5 Å². The Kier molecular flexibility index (Phi) is 7.51. The van der Waals surface area contributed by atoms with E-state index in [1.807, 2.05) is 24.3 Å². The van der Waals surface area contributed by atoms with E-state index < -0.39 is 35.3 Å². The van der Waals surface area contributed by atoms with E-state index in [9.17, 15) is 47.4 Å². The monoisotopic (exact) mass is 684 g/mol. The Hall–Kier alpha value is -6.76. The van der Waals surface area contributed by atoms with Gasteiger partial charge < -0.3 is 0 Å². The molecule has 3 aromatic carbocycles. The molecule has 51 heavy (non-hydrogen) atoms. The molecule has 0 saturated heterocycles. The van der Waals surface area contributed by atoms with E-state index in [-0.39, 0.29) is 45.1 Å². The maximum atomic E-state index is 13.4. The van der Waals surface area contributed by atoms with E-state index >= 15 is 0 Å². The Morgan fingerprint density at radius 3 is 1.61 bits per heavy atom. The lowest BCUT2D eigenvalue weighted by molar-refractivity contribution is -0.137. The fraction of sp³-hybridized carbons (Fsp3) is 0.128. The van der Waals surface area contributed by atoms with Crippen molar-refractivity contribution in [1.29, 1.82) is 21.0 Å². The van der Waals surface area contributed by atoms with E-state index in [2.05, 4.69) is 0 Å². The van der Waals surface area contributed by atoms with E-state index in [4.69, 9.17) is 9.97 Å². The topological polar surface area (TPSA) is 121 Å². The van der Waals surface area contributed by atoms with E-state index in [0.717, 1.165) is 24.3 Å². The molecule has 0 N–H and O–H groups in total. The molecule has 0 aliphatic heterocycles. The number of hydrogen-bond acceptors (Lipinski definition) is 6. The van der Waals surface area contributed by atoms with Crippen LogP contribution in [-0.4, -0.2) is 16.1 Å². The van der Waals surface area contributed by atoms with Gasteiger partial charge in [-0.05, 0) is 58.0 Å². The molecule has 0 saturated carbocycles. The van der Waals surface area contributed by atoms with Crippen molar-refractivity contribution < 1.29 is 26.3 Å². The number of nitriles is 4. The van der Waals surface area contributed by atoms with Gasteiger partial charge in [-0.3, -0.25) is 0 Å². The molecule has 2 unspecified atom stereocenters. The summed E-state index contributed by atoms with van der Waals surface area (Å²) in [6.45, 7) is 1.67. The third-order valence-corrected chi connectivity index (χ3v) is 9.18. The summed E-state index contributed by atoms with van der Waals surface area (Å²) in [6, 6.07) is 22.3. The summed E-state index contributed by atoms with van der Waals surface area (Å²) < 4.78 is 79.7. The Morgan fingerprint density at radius 2 is 1.12 bits per heavy atom. The first-order valence-electron chi connectivity index (χ1n) is 15.2. The van der Waals surface area contributed by atoms with Gasteiger partial charge in [-0.1, -0.05) is 61.5 Å². The quantitative estimate of drug-likeness (QED) is 0.132. The predicted octanol–water partition coefficient (Wildman–Crippen LogP) is 9.60. The first-order chi connectivity index (χ1) is 24.3. The number of fused-ring (bicyclic) bond motifs is 6. The molecule has 7 rings (SSSR count). The summed E-state index contributed by atoms with van der Waals surface area (Å²) in [6.07, 6.45) is -5.36. The summed E-state index contributed by atoms with van der Waals surface area (Å²) in [4.78, 5) is 9.75. The van der Waals surface area contributed by atoms with Crippen LogP contribution in [0.3, 0.4) is 0 Å². The molecule has 0 amide bonds. The molecule has 0 bridgehead atoms. The fourth-order valence-corrected chi connectivity index (χ4v) is 6.79. The van der Waals surface area contributed by atoms with Crippen LogP contribution >= 0.6 is 0 Å². The molecule has 4 aromatic rings. The van der Waals surface area contributed by atoms with Crippen LogP contribution in [0.4, 0.5) is 26.3 Å². The zero-order valence-electron chi connectivity index (χ0n) is 26.1. The SMILES string of the molecule is CC1C=C(C(F)(F)F)C=CC1c1ccc2c(c1)C(=C(C#N)C#N)c1nc3c(nc1-2)C(=C(C#N)C#N)c1cc(-c2ccc(C(F)(F)F)cc2)ccc1-3. The standard InChI is InChI=1S/C39H18F6N6/c1-19-12-26(39(43,44)45)8-11-27(19)22-5-10-29-31(14-22)33(24(17-48)18-49)37-35(29)51-36-32(23(15-46)16-47)30-13-21(4-9-28(30)34(36)50-37)20-2-6-25(7-3-20)38(40,41)42/h2-14,19,27H,1H3. The minimum absolute atomic E-state index is 0.166. The number of benzene rings is 3. The molecule has 1 heterocycles. The third kappa shape index (κ3) is 5.26. The molecular formula is C39H18F6N6. The number of aromatic nitrogens is 2. The van der Waals surface area contributed by atoms with Crippen LogP contribution in [0.5, 0.6) is 0 Å². The van der Waals surface area contributed by atoms with Crippen LogP contribution in [0.25, 0.3) is 44.8 Å². The number of alkyl halides is 6. The second-order valence-electron chi connectivity index (χ2n) is 12.1. The first kappa shape index (κ1) is 32.8. The zero-order chi connectivity index (χ0) is 36.4. The highest BCUT2D eigenvalue weighted by Crippen LogP contribution is 2.51. The van der Waals surface area contributed by atoms with Crippen LogP contribution in [0.2, 0.25) is 0 Å². The van der Waals surface area contributed by atoms with Crippen LogP contribution in [0.1, 0.15) is 46.5 Å². The molecule has 2 atom stereocenters. The van der Waals surface area contributed by atoms with E-state index in [1.54, 1.807) is 43.3 Å². The van der Waals surface area contributed by atoms with Crippen LogP contribution in [0.15, 0.2) is 95.6 Å². The highest BCUT2D eigenvalue weighted by atomic mass is 19.4.